The van der Waals surface area contributed by atoms with Crippen LogP contribution in [0.25, 0.3) is 0 Å². The fraction of sp³-hybridized carbons (Fsp3) is 0.308. The van der Waals surface area contributed by atoms with Gasteiger partial charge in [0, 0.05) is 11.6 Å². The number of hydrogen-bond acceptors (Lipinski definition) is 1. The van der Waals surface area contributed by atoms with E-state index in [1.54, 1.807) is 6.07 Å². The van der Waals surface area contributed by atoms with E-state index in [9.17, 15) is 4.39 Å². The smallest absolute Gasteiger partial charge is 0.188 e. The Kier molecular flexibility index (Phi) is 5.65. The summed E-state index contributed by atoms with van der Waals surface area (Å²) in [4.78, 5) is 4.08. The predicted molar refractivity (Wildman–Crippen MR) is 74.4 cm³/mol. The van der Waals surface area contributed by atoms with Crippen LogP contribution in [0.1, 0.15) is 12.5 Å². The molecule has 0 bridgehead atoms. The third kappa shape index (κ3) is 5.19. The van der Waals surface area contributed by atoms with Crippen LogP contribution in [0.15, 0.2) is 35.3 Å². The summed E-state index contributed by atoms with van der Waals surface area (Å²) in [6.07, 6.45) is 0.655. The van der Waals surface area contributed by atoms with Gasteiger partial charge in [0.05, 0.1) is 6.54 Å². The van der Waals surface area contributed by atoms with Gasteiger partial charge in [-0.15, -0.1) is 0 Å². The molecule has 0 aliphatic rings. The largest absolute Gasteiger partial charge is 0.370 e. The van der Waals surface area contributed by atoms with Crippen LogP contribution >= 0.6 is 11.6 Å². The van der Waals surface area contributed by atoms with Crippen molar-refractivity contribution in [3.63, 3.8) is 0 Å². The molecule has 0 aliphatic carbocycles. The average molecular weight is 270 g/mol. The molecular weight excluding hydrogens is 253 g/mol. The van der Waals surface area contributed by atoms with Gasteiger partial charge in [-0.25, -0.2) is 9.38 Å². The number of guanidine groups is 1. The second-order valence-electron chi connectivity index (χ2n) is 4.07. The van der Waals surface area contributed by atoms with Crippen LogP contribution in [0.5, 0.6) is 0 Å². The zero-order chi connectivity index (χ0) is 13.5. The minimum absolute atomic E-state index is 0.334. The van der Waals surface area contributed by atoms with Gasteiger partial charge in [0.1, 0.15) is 5.82 Å². The van der Waals surface area contributed by atoms with Gasteiger partial charge in [0.25, 0.3) is 0 Å². The van der Waals surface area contributed by atoms with Crippen molar-refractivity contribution in [2.45, 2.75) is 13.3 Å². The van der Waals surface area contributed by atoms with Crippen LogP contribution in [0.2, 0.25) is 5.02 Å². The molecule has 0 radical (unpaired) electrons. The maximum atomic E-state index is 12.8. The molecule has 3 nitrogen and oxygen atoms in total. The van der Waals surface area contributed by atoms with Crippen molar-refractivity contribution in [1.29, 1.82) is 0 Å². The van der Waals surface area contributed by atoms with E-state index in [2.05, 4.69) is 16.9 Å². The molecule has 0 fully saturated rings. The van der Waals surface area contributed by atoms with E-state index >= 15 is 0 Å². The molecule has 0 aromatic heterocycles. The van der Waals surface area contributed by atoms with Crippen LogP contribution in [0.3, 0.4) is 0 Å². The maximum Gasteiger partial charge on any atom is 0.188 e. The van der Waals surface area contributed by atoms with E-state index in [1.807, 2.05) is 6.92 Å². The number of nitrogens with two attached hydrogens (primary N) is 1. The highest BCUT2D eigenvalue weighted by Crippen LogP contribution is 2.17. The second kappa shape index (κ2) is 7.01. The lowest BCUT2D eigenvalue weighted by Crippen LogP contribution is -2.33. The van der Waals surface area contributed by atoms with Gasteiger partial charge in [-0.05, 0) is 31.0 Å². The lowest BCUT2D eigenvalue weighted by molar-refractivity contribution is 0.627. The summed E-state index contributed by atoms with van der Waals surface area (Å²) in [7, 11) is 0. The summed E-state index contributed by atoms with van der Waals surface area (Å²) in [5, 5.41) is 3.39. The molecule has 0 saturated carbocycles. The summed E-state index contributed by atoms with van der Waals surface area (Å²) in [5.41, 5.74) is 7.47. The Morgan fingerprint density at radius 3 is 2.89 bits per heavy atom. The van der Waals surface area contributed by atoms with E-state index in [1.165, 1.54) is 12.1 Å². The van der Waals surface area contributed by atoms with E-state index in [-0.39, 0.29) is 5.82 Å². The summed E-state index contributed by atoms with van der Waals surface area (Å²) in [6.45, 7) is 6.72. The first-order valence-electron chi connectivity index (χ1n) is 5.61. The number of benzene rings is 1. The molecule has 0 heterocycles. The summed E-state index contributed by atoms with van der Waals surface area (Å²) in [6, 6.07) is 4.36. The Bertz CT molecular complexity index is 458. The second-order valence-corrected chi connectivity index (χ2v) is 4.48. The lowest BCUT2D eigenvalue weighted by atomic mass is 10.1. The van der Waals surface area contributed by atoms with Crippen LogP contribution < -0.4 is 11.1 Å². The first-order chi connectivity index (χ1) is 8.49. The van der Waals surface area contributed by atoms with Crippen LogP contribution in [0, 0.1) is 5.82 Å². The third-order valence-corrected chi connectivity index (χ3v) is 2.59. The SMILES string of the molecule is C=C(C)CN=C(N)NCCc1ccc(F)cc1Cl. The lowest BCUT2D eigenvalue weighted by Gasteiger charge is -2.07. The standard InChI is InChI=1S/C13H17ClFN3/c1-9(2)8-18-13(16)17-6-5-10-3-4-11(15)7-12(10)14/h3-4,7H,1,5-6,8H2,2H3,(H3,16,17,18). The highest BCUT2D eigenvalue weighted by molar-refractivity contribution is 6.31. The van der Waals surface area contributed by atoms with Crippen molar-refractivity contribution in [2.75, 3.05) is 13.1 Å². The first kappa shape index (κ1) is 14.5. The molecule has 3 N–H and O–H groups in total. The van der Waals surface area contributed by atoms with Gasteiger partial charge >= 0.3 is 0 Å². The van der Waals surface area contributed by atoms with Crippen molar-refractivity contribution < 1.29 is 4.39 Å². The maximum absolute atomic E-state index is 12.8. The molecule has 1 aromatic rings. The topological polar surface area (TPSA) is 50.4 Å². The fourth-order valence-electron chi connectivity index (χ4n) is 1.33. The van der Waals surface area contributed by atoms with Crippen LogP contribution in [0.4, 0.5) is 4.39 Å². The summed E-state index contributed by atoms with van der Waals surface area (Å²) >= 11 is 5.91. The van der Waals surface area contributed by atoms with Crippen LogP contribution in [-0.2, 0) is 6.42 Å². The molecule has 98 valence electrons. The normalized spacial score (nSPS) is 11.4. The van der Waals surface area contributed by atoms with E-state index in [0.29, 0.717) is 30.5 Å². The number of nitrogens with one attached hydrogen (secondary N) is 1. The quantitative estimate of drug-likeness (QED) is 0.490. The summed E-state index contributed by atoms with van der Waals surface area (Å²) < 4.78 is 12.8. The van der Waals surface area contributed by atoms with Crippen molar-refractivity contribution in [3.05, 3.63) is 46.8 Å². The number of nitrogens with zero attached hydrogens (tertiary/aromatic N) is 1. The highest BCUT2D eigenvalue weighted by Gasteiger charge is 2.01. The van der Waals surface area contributed by atoms with Gasteiger partial charge in [0.2, 0.25) is 0 Å². The van der Waals surface area contributed by atoms with E-state index in [0.717, 1.165) is 11.1 Å². The first-order valence-corrected chi connectivity index (χ1v) is 5.99. The molecule has 0 spiro atoms. The summed E-state index contributed by atoms with van der Waals surface area (Å²) in [5.74, 6) is 0.0375. The van der Waals surface area contributed by atoms with Crippen molar-refractivity contribution >= 4 is 17.6 Å². The molecule has 0 amide bonds. The van der Waals surface area contributed by atoms with Crippen molar-refractivity contribution in [3.8, 4) is 0 Å². The van der Waals surface area contributed by atoms with Gasteiger partial charge in [-0.1, -0.05) is 29.8 Å². The van der Waals surface area contributed by atoms with Crippen molar-refractivity contribution in [2.24, 2.45) is 10.7 Å². The number of rotatable bonds is 5. The minimum atomic E-state index is -0.334. The van der Waals surface area contributed by atoms with E-state index in [4.69, 9.17) is 17.3 Å². The molecule has 1 rings (SSSR count). The highest BCUT2D eigenvalue weighted by atomic mass is 35.5. The molecule has 18 heavy (non-hydrogen) atoms. The number of hydrogen-bond donors (Lipinski definition) is 2. The van der Waals surface area contributed by atoms with Crippen molar-refractivity contribution in [1.82, 2.24) is 5.32 Å². The third-order valence-electron chi connectivity index (χ3n) is 2.23. The molecule has 0 saturated heterocycles. The average Bonchev–Trinajstić information content (AvgIpc) is 2.29. The fourth-order valence-corrected chi connectivity index (χ4v) is 1.59. The van der Waals surface area contributed by atoms with Gasteiger partial charge in [0.15, 0.2) is 5.96 Å². The van der Waals surface area contributed by atoms with Gasteiger partial charge in [-0.2, -0.15) is 0 Å². The van der Waals surface area contributed by atoms with Gasteiger partial charge in [-0.3, -0.25) is 0 Å². The Morgan fingerprint density at radius 1 is 1.56 bits per heavy atom. The molecular formula is C13H17ClFN3. The Morgan fingerprint density at radius 2 is 2.28 bits per heavy atom. The van der Waals surface area contributed by atoms with Gasteiger partial charge < -0.3 is 11.1 Å². The Hall–Kier alpha value is -1.55. The predicted octanol–water partition coefficient (Wildman–Crippen LogP) is 2.50. The molecule has 0 unspecified atom stereocenters. The molecule has 0 aliphatic heterocycles. The zero-order valence-electron chi connectivity index (χ0n) is 10.3. The molecule has 0 atom stereocenters. The molecule has 1 aromatic carbocycles. The number of halogens is 2. The van der Waals surface area contributed by atoms with E-state index < -0.39 is 0 Å². The zero-order valence-corrected chi connectivity index (χ0v) is 11.1. The Balaban J connectivity index is 2.42. The molecule has 5 heteroatoms. The monoisotopic (exact) mass is 269 g/mol. The Labute approximate surface area is 112 Å². The minimum Gasteiger partial charge on any atom is -0.370 e. The number of aliphatic imine (C=N–C) groups is 1. The van der Waals surface area contributed by atoms with Crippen LogP contribution in [-0.4, -0.2) is 19.0 Å².